The summed E-state index contributed by atoms with van der Waals surface area (Å²) in [5.74, 6) is 0. The predicted octanol–water partition coefficient (Wildman–Crippen LogP) is 5.23. The zero-order valence-corrected chi connectivity index (χ0v) is 12.6. The van der Waals surface area contributed by atoms with Gasteiger partial charge in [-0.25, -0.2) is 0 Å². The smallest absolute Gasteiger partial charge is 0.285 e. The third-order valence-corrected chi connectivity index (χ3v) is 4.86. The second-order valence-electron chi connectivity index (χ2n) is 6.05. The number of anilines is 1. The first kappa shape index (κ1) is 13.1. The highest BCUT2D eigenvalue weighted by atomic mass is 16.6. The Labute approximate surface area is 136 Å². The number of nitrogens with zero attached hydrogens (tertiary/aromatic N) is 1. The van der Waals surface area contributed by atoms with Crippen LogP contribution in [0.25, 0.3) is 43.1 Å². The van der Waals surface area contributed by atoms with Gasteiger partial charge in [-0.1, -0.05) is 42.5 Å². The fraction of sp³-hybridized carbons (Fsp3) is 0. The molecule has 114 valence electrons. The maximum atomic E-state index is 11.8. The number of rotatable bonds is 1. The molecule has 0 amide bonds. The maximum absolute atomic E-state index is 11.8. The van der Waals surface area contributed by atoms with Gasteiger partial charge in [-0.2, -0.15) is 0 Å². The molecule has 0 atom stereocenters. The summed E-state index contributed by atoms with van der Waals surface area (Å²) in [5, 5.41) is 19.0. The van der Waals surface area contributed by atoms with E-state index in [9.17, 15) is 10.1 Å². The third kappa shape index (κ3) is 1.47. The van der Waals surface area contributed by atoms with Crippen molar-refractivity contribution >= 4 is 54.5 Å². The summed E-state index contributed by atoms with van der Waals surface area (Å²) in [6.45, 7) is 0. The SMILES string of the molecule is Nc1ccc2ccc3c([N+](=O)[O-])c4ccccc4c4ccc1c2c34. The van der Waals surface area contributed by atoms with Crippen LogP contribution in [0.3, 0.4) is 0 Å². The molecule has 4 nitrogen and oxygen atoms in total. The predicted molar refractivity (Wildman–Crippen MR) is 98.7 cm³/mol. The lowest BCUT2D eigenvalue weighted by Crippen LogP contribution is -1.95. The van der Waals surface area contributed by atoms with Crippen LogP contribution in [0.5, 0.6) is 0 Å². The lowest BCUT2D eigenvalue weighted by Gasteiger charge is -2.14. The minimum atomic E-state index is -0.280. The highest BCUT2D eigenvalue weighted by molar-refractivity contribution is 6.33. The Bertz CT molecular complexity index is 1290. The number of nitrogens with two attached hydrogens (primary N) is 1. The molecule has 0 fully saturated rings. The van der Waals surface area contributed by atoms with Crippen LogP contribution in [-0.2, 0) is 0 Å². The van der Waals surface area contributed by atoms with E-state index in [0.29, 0.717) is 16.5 Å². The number of hydrogen-bond donors (Lipinski definition) is 1. The zero-order valence-electron chi connectivity index (χ0n) is 12.6. The van der Waals surface area contributed by atoms with Gasteiger partial charge in [0.2, 0.25) is 0 Å². The molecule has 5 aromatic rings. The maximum Gasteiger partial charge on any atom is 0.285 e. The van der Waals surface area contributed by atoms with Crippen molar-refractivity contribution in [1.82, 2.24) is 0 Å². The van der Waals surface area contributed by atoms with Gasteiger partial charge in [-0.05, 0) is 39.7 Å². The van der Waals surface area contributed by atoms with E-state index in [2.05, 4.69) is 0 Å². The van der Waals surface area contributed by atoms with Gasteiger partial charge >= 0.3 is 0 Å². The first-order valence-corrected chi connectivity index (χ1v) is 7.69. The molecule has 0 aliphatic rings. The Morgan fingerprint density at radius 1 is 0.708 bits per heavy atom. The van der Waals surface area contributed by atoms with Crippen molar-refractivity contribution in [2.75, 3.05) is 5.73 Å². The van der Waals surface area contributed by atoms with Crippen LogP contribution in [-0.4, -0.2) is 4.92 Å². The van der Waals surface area contributed by atoms with Gasteiger partial charge in [0, 0.05) is 16.5 Å². The second kappa shape index (κ2) is 4.32. The molecule has 0 bridgehead atoms. The van der Waals surface area contributed by atoms with Gasteiger partial charge in [-0.3, -0.25) is 10.1 Å². The molecule has 0 aromatic heterocycles. The van der Waals surface area contributed by atoms with Crippen molar-refractivity contribution in [3.63, 3.8) is 0 Å². The second-order valence-corrected chi connectivity index (χ2v) is 6.05. The molecule has 0 aliphatic heterocycles. The summed E-state index contributed by atoms with van der Waals surface area (Å²) in [5.41, 5.74) is 6.99. The molecule has 5 rings (SSSR count). The van der Waals surface area contributed by atoms with Crippen molar-refractivity contribution in [3.8, 4) is 0 Å². The topological polar surface area (TPSA) is 69.2 Å². The van der Waals surface area contributed by atoms with Crippen molar-refractivity contribution in [2.45, 2.75) is 0 Å². The Kier molecular flexibility index (Phi) is 2.36. The van der Waals surface area contributed by atoms with Gasteiger partial charge in [0.05, 0.1) is 15.7 Å². The molecular weight excluding hydrogens is 300 g/mol. The van der Waals surface area contributed by atoms with Gasteiger partial charge in [0.1, 0.15) is 0 Å². The largest absolute Gasteiger partial charge is 0.398 e. The zero-order chi connectivity index (χ0) is 16.4. The molecule has 0 aliphatic carbocycles. The van der Waals surface area contributed by atoms with E-state index >= 15 is 0 Å². The van der Waals surface area contributed by atoms with Crippen LogP contribution < -0.4 is 5.73 Å². The summed E-state index contributed by atoms with van der Waals surface area (Å²) in [4.78, 5) is 11.5. The van der Waals surface area contributed by atoms with E-state index in [1.807, 2.05) is 60.7 Å². The molecule has 4 heteroatoms. The van der Waals surface area contributed by atoms with Crippen LogP contribution in [0.4, 0.5) is 11.4 Å². The van der Waals surface area contributed by atoms with E-state index in [0.717, 1.165) is 32.3 Å². The number of nitro benzene ring substituents is 1. The lowest BCUT2D eigenvalue weighted by atomic mass is 9.89. The van der Waals surface area contributed by atoms with E-state index in [1.54, 1.807) is 0 Å². The van der Waals surface area contributed by atoms with Crippen LogP contribution >= 0.6 is 0 Å². The van der Waals surface area contributed by atoms with Gasteiger partial charge in [0.15, 0.2) is 0 Å². The first-order valence-electron chi connectivity index (χ1n) is 7.69. The first-order chi connectivity index (χ1) is 11.7. The number of hydrogen-bond acceptors (Lipinski definition) is 3. The third-order valence-electron chi connectivity index (χ3n) is 4.86. The lowest BCUT2D eigenvalue weighted by molar-refractivity contribution is -0.381. The Morgan fingerprint density at radius 2 is 1.38 bits per heavy atom. The Hall–Kier alpha value is -3.40. The molecule has 24 heavy (non-hydrogen) atoms. The van der Waals surface area contributed by atoms with Crippen molar-refractivity contribution in [3.05, 3.63) is 70.8 Å². The van der Waals surface area contributed by atoms with E-state index in [1.165, 1.54) is 0 Å². The standard InChI is InChI=1S/C20H12N2O2/c21-17-10-6-11-5-7-16-19-13(8-9-15(17)18(11)19)12-3-1-2-4-14(12)20(16)22(23)24/h1-10H,21H2. The highest BCUT2D eigenvalue weighted by Crippen LogP contribution is 2.44. The fourth-order valence-electron chi connectivity index (χ4n) is 3.86. The number of non-ortho nitro benzene ring substituents is 1. The number of benzene rings is 5. The monoisotopic (exact) mass is 312 g/mol. The average Bonchev–Trinajstić information content (AvgIpc) is 2.60. The minimum Gasteiger partial charge on any atom is -0.398 e. The number of nitro groups is 1. The van der Waals surface area contributed by atoms with Gasteiger partial charge in [0.25, 0.3) is 5.69 Å². The average molecular weight is 312 g/mol. The van der Waals surface area contributed by atoms with Crippen molar-refractivity contribution < 1.29 is 4.92 Å². The summed E-state index contributed by atoms with van der Waals surface area (Å²) in [6, 6.07) is 19.2. The van der Waals surface area contributed by atoms with Gasteiger partial charge in [-0.15, -0.1) is 0 Å². The summed E-state index contributed by atoms with van der Waals surface area (Å²) >= 11 is 0. The molecule has 0 unspecified atom stereocenters. The molecule has 5 aromatic carbocycles. The van der Waals surface area contributed by atoms with Crippen molar-refractivity contribution in [2.24, 2.45) is 0 Å². The fourth-order valence-corrected chi connectivity index (χ4v) is 3.86. The Morgan fingerprint density at radius 3 is 2.17 bits per heavy atom. The summed E-state index contributed by atoms with van der Waals surface area (Å²) in [7, 11) is 0. The number of nitrogen functional groups attached to an aromatic ring is 1. The summed E-state index contributed by atoms with van der Waals surface area (Å²) in [6.07, 6.45) is 0. The number of fused-ring (bicyclic) bond motifs is 2. The van der Waals surface area contributed by atoms with Crippen LogP contribution in [0.2, 0.25) is 0 Å². The van der Waals surface area contributed by atoms with Gasteiger partial charge < -0.3 is 5.73 Å². The van der Waals surface area contributed by atoms with Crippen molar-refractivity contribution in [1.29, 1.82) is 0 Å². The van der Waals surface area contributed by atoms with E-state index in [-0.39, 0.29) is 10.6 Å². The minimum absolute atomic E-state index is 0.162. The van der Waals surface area contributed by atoms with Crippen LogP contribution in [0, 0.1) is 10.1 Å². The Balaban J connectivity index is 2.23. The molecule has 0 spiro atoms. The molecule has 0 radical (unpaired) electrons. The van der Waals surface area contributed by atoms with E-state index < -0.39 is 0 Å². The van der Waals surface area contributed by atoms with Crippen LogP contribution in [0.1, 0.15) is 0 Å². The van der Waals surface area contributed by atoms with E-state index in [4.69, 9.17) is 5.73 Å². The molecule has 0 saturated carbocycles. The molecule has 0 heterocycles. The summed E-state index contributed by atoms with van der Waals surface area (Å²) < 4.78 is 0. The highest BCUT2D eigenvalue weighted by Gasteiger charge is 2.22. The molecular formula is C20H12N2O2. The quantitative estimate of drug-likeness (QED) is 0.151. The van der Waals surface area contributed by atoms with Crippen LogP contribution in [0.15, 0.2) is 60.7 Å². The molecule has 0 saturated heterocycles. The molecule has 2 N–H and O–H groups in total. The normalized spacial score (nSPS) is 11.8.